The zero-order chi connectivity index (χ0) is 13.9. The minimum atomic E-state index is -0.795. The van der Waals surface area contributed by atoms with Crippen molar-refractivity contribution in [2.24, 2.45) is 5.41 Å². The molecule has 19 heavy (non-hydrogen) atoms. The number of cyclic esters (lactones) is 1. The number of thioether (sulfide) groups is 1. The van der Waals surface area contributed by atoms with Crippen molar-refractivity contribution in [1.82, 2.24) is 0 Å². The average Bonchev–Trinajstić information content (AvgIpc) is 2.65. The van der Waals surface area contributed by atoms with Crippen molar-refractivity contribution in [3.8, 4) is 0 Å². The summed E-state index contributed by atoms with van der Waals surface area (Å²) >= 11 is 1.39. The number of carbonyl (C=O) groups is 2. The molecule has 4 nitrogen and oxygen atoms in total. The third-order valence-corrected chi connectivity index (χ3v) is 3.85. The van der Waals surface area contributed by atoms with E-state index in [1.165, 1.54) is 11.8 Å². The highest BCUT2D eigenvalue weighted by atomic mass is 32.2. The van der Waals surface area contributed by atoms with Gasteiger partial charge in [-0.1, -0.05) is 32.0 Å². The summed E-state index contributed by atoms with van der Waals surface area (Å²) in [7, 11) is 0. The number of esters is 2. The van der Waals surface area contributed by atoms with Gasteiger partial charge in [-0.25, -0.2) is 4.79 Å². The molecule has 0 amide bonds. The number of carbonyl (C=O) groups excluding carboxylic acids is 2. The zero-order valence-electron chi connectivity index (χ0n) is 10.9. The van der Waals surface area contributed by atoms with Gasteiger partial charge in [-0.3, -0.25) is 4.79 Å². The van der Waals surface area contributed by atoms with Crippen LogP contribution in [0.2, 0.25) is 0 Å². The molecule has 0 aromatic heterocycles. The van der Waals surface area contributed by atoms with Gasteiger partial charge in [0, 0.05) is 10.3 Å². The maximum Gasteiger partial charge on any atom is 0.348 e. The highest BCUT2D eigenvalue weighted by Gasteiger charge is 2.46. The first-order valence-electron chi connectivity index (χ1n) is 6.03. The van der Waals surface area contributed by atoms with Crippen molar-refractivity contribution in [3.63, 3.8) is 0 Å². The summed E-state index contributed by atoms with van der Waals surface area (Å²) < 4.78 is 10.1. The molecule has 1 aliphatic rings. The Morgan fingerprint density at radius 1 is 1.42 bits per heavy atom. The Balaban J connectivity index is 1.86. The van der Waals surface area contributed by atoms with Crippen LogP contribution in [0.4, 0.5) is 0 Å². The summed E-state index contributed by atoms with van der Waals surface area (Å²) in [6.07, 6.45) is -0.795. The molecule has 1 saturated heterocycles. The number of hydrogen-bond donors (Lipinski definition) is 0. The predicted octanol–water partition coefficient (Wildman–Crippen LogP) is 2.27. The van der Waals surface area contributed by atoms with E-state index < -0.39 is 23.5 Å². The van der Waals surface area contributed by atoms with Crippen molar-refractivity contribution < 1.29 is 19.1 Å². The zero-order valence-corrected chi connectivity index (χ0v) is 11.7. The summed E-state index contributed by atoms with van der Waals surface area (Å²) in [6, 6.07) is 9.58. The Bertz CT molecular complexity index is 470. The highest BCUT2D eigenvalue weighted by Crippen LogP contribution is 2.31. The fourth-order valence-corrected chi connectivity index (χ4v) is 2.46. The molecule has 1 fully saturated rings. The Kier molecular flexibility index (Phi) is 4.14. The molecule has 1 atom stereocenters. The first-order valence-corrected chi connectivity index (χ1v) is 7.01. The molecular formula is C14H16O4S. The smallest absolute Gasteiger partial charge is 0.348 e. The van der Waals surface area contributed by atoms with Gasteiger partial charge in [0.05, 0.1) is 5.75 Å². The monoisotopic (exact) mass is 280 g/mol. The molecule has 102 valence electrons. The molecule has 1 aliphatic heterocycles. The fourth-order valence-electron chi connectivity index (χ4n) is 1.76. The number of hydrogen-bond acceptors (Lipinski definition) is 5. The van der Waals surface area contributed by atoms with Crippen molar-refractivity contribution in [2.45, 2.75) is 24.8 Å². The van der Waals surface area contributed by atoms with Crippen LogP contribution in [0.3, 0.4) is 0 Å². The summed E-state index contributed by atoms with van der Waals surface area (Å²) in [5.74, 6) is -0.669. The van der Waals surface area contributed by atoms with Gasteiger partial charge in [-0.05, 0) is 12.1 Å². The van der Waals surface area contributed by atoms with E-state index in [4.69, 9.17) is 9.47 Å². The van der Waals surface area contributed by atoms with E-state index in [0.29, 0.717) is 0 Å². The van der Waals surface area contributed by atoms with Crippen LogP contribution in [0.15, 0.2) is 35.2 Å². The Hall–Kier alpha value is -1.49. The van der Waals surface area contributed by atoms with Gasteiger partial charge in [-0.2, -0.15) is 0 Å². The highest BCUT2D eigenvalue weighted by molar-refractivity contribution is 8.00. The quantitative estimate of drug-likeness (QED) is 0.625. The van der Waals surface area contributed by atoms with Crippen LogP contribution >= 0.6 is 11.8 Å². The second-order valence-corrected chi connectivity index (χ2v) is 6.12. The maximum atomic E-state index is 11.8. The lowest BCUT2D eigenvalue weighted by Gasteiger charge is -2.21. The lowest BCUT2D eigenvalue weighted by atomic mass is 9.90. The van der Waals surface area contributed by atoms with Gasteiger partial charge >= 0.3 is 11.9 Å². The Morgan fingerprint density at radius 2 is 2.11 bits per heavy atom. The molecule has 0 saturated carbocycles. The summed E-state index contributed by atoms with van der Waals surface area (Å²) in [4.78, 5) is 24.2. The summed E-state index contributed by atoms with van der Waals surface area (Å²) in [5, 5.41) is 0. The van der Waals surface area contributed by atoms with Crippen molar-refractivity contribution in [3.05, 3.63) is 30.3 Å². The SMILES string of the molecule is CC1(C)COC(=O)[C@@H]1OC(=O)CSc1ccccc1. The standard InChI is InChI=1S/C14H16O4S/c1-14(2)9-17-13(16)12(14)18-11(15)8-19-10-6-4-3-5-7-10/h3-7,12H,8-9H2,1-2H3/t12-/m0/s1. The molecule has 1 aromatic rings. The second-order valence-electron chi connectivity index (χ2n) is 5.07. The molecule has 1 aromatic carbocycles. The van der Waals surface area contributed by atoms with Crippen LogP contribution in [-0.4, -0.2) is 30.4 Å². The Labute approximate surface area is 116 Å². The molecular weight excluding hydrogens is 264 g/mol. The lowest BCUT2D eigenvalue weighted by molar-refractivity contribution is -0.161. The van der Waals surface area contributed by atoms with Gasteiger partial charge < -0.3 is 9.47 Å². The minimum Gasteiger partial charge on any atom is -0.462 e. The summed E-state index contributed by atoms with van der Waals surface area (Å²) in [5.41, 5.74) is -0.454. The average molecular weight is 280 g/mol. The van der Waals surface area contributed by atoms with E-state index >= 15 is 0 Å². The number of rotatable bonds is 4. The molecule has 5 heteroatoms. The molecule has 0 aliphatic carbocycles. The predicted molar refractivity (Wildman–Crippen MR) is 71.8 cm³/mol. The van der Waals surface area contributed by atoms with Gasteiger partial charge in [0.25, 0.3) is 0 Å². The largest absolute Gasteiger partial charge is 0.462 e. The molecule has 2 rings (SSSR count). The van der Waals surface area contributed by atoms with Crippen molar-refractivity contribution in [2.75, 3.05) is 12.4 Å². The van der Waals surface area contributed by atoms with E-state index in [1.54, 1.807) is 0 Å². The molecule has 0 N–H and O–H groups in total. The number of ether oxygens (including phenoxy) is 2. The van der Waals surface area contributed by atoms with Gasteiger partial charge in [0.15, 0.2) is 0 Å². The van der Waals surface area contributed by atoms with E-state index in [1.807, 2.05) is 44.2 Å². The first-order chi connectivity index (χ1) is 8.99. The van der Waals surface area contributed by atoms with Crippen LogP contribution in [-0.2, 0) is 19.1 Å². The maximum absolute atomic E-state index is 11.8. The van der Waals surface area contributed by atoms with E-state index in [2.05, 4.69) is 0 Å². The third-order valence-electron chi connectivity index (χ3n) is 2.86. The second kappa shape index (κ2) is 5.65. The van der Waals surface area contributed by atoms with Crippen molar-refractivity contribution >= 4 is 23.7 Å². The number of benzene rings is 1. The van der Waals surface area contributed by atoms with E-state index in [0.717, 1.165) is 4.90 Å². The molecule has 0 radical (unpaired) electrons. The van der Waals surface area contributed by atoms with Gasteiger partial charge in [0.1, 0.15) is 6.61 Å². The Morgan fingerprint density at radius 3 is 2.68 bits per heavy atom. The van der Waals surface area contributed by atoms with E-state index in [-0.39, 0.29) is 12.4 Å². The topological polar surface area (TPSA) is 52.6 Å². The minimum absolute atomic E-state index is 0.184. The normalized spacial score (nSPS) is 20.9. The van der Waals surface area contributed by atoms with E-state index in [9.17, 15) is 9.59 Å². The van der Waals surface area contributed by atoms with Gasteiger partial charge in [-0.15, -0.1) is 11.8 Å². The fraction of sp³-hybridized carbons (Fsp3) is 0.429. The molecule has 0 bridgehead atoms. The molecule has 0 unspecified atom stereocenters. The lowest BCUT2D eigenvalue weighted by Crippen LogP contribution is -2.35. The summed E-state index contributed by atoms with van der Waals surface area (Å²) in [6.45, 7) is 3.98. The van der Waals surface area contributed by atoms with Crippen LogP contribution < -0.4 is 0 Å². The van der Waals surface area contributed by atoms with Gasteiger partial charge in [0.2, 0.25) is 6.10 Å². The third kappa shape index (κ3) is 3.50. The van der Waals surface area contributed by atoms with Crippen LogP contribution in [0, 0.1) is 5.41 Å². The van der Waals surface area contributed by atoms with Crippen LogP contribution in [0.25, 0.3) is 0 Å². The molecule has 1 heterocycles. The van der Waals surface area contributed by atoms with Crippen LogP contribution in [0.1, 0.15) is 13.8 Å². The van der Waals surface area contributed by atoms with Crippen LogP contribution in [0.5, 0.6) is 0 Å². The van der Waals surface area contributed by atoms with Crippen molar-refractivity contribution in [1.29, 1.82) is 0 Å². The molecule has 0 spiro atoms. The first kappa shape index (κ1) is 13.9.